The maximum Gasteiger partial charge on any atom is 0.126 e. The first-order valence-electron chi connectivity index (χ1n) is 8.50. The molecule has 1 aromatic rings. The number of hydrogen-bond acceptors (Lipinski definition) is 1. The van der Waals surface area contributed by atoms with Crippen LogP contribution in [0.15, 0.2) is 18.2 Å². The van der Waals surface area contributed by atoms with Crippen molar-refractivity contribution in [1.29, 1.82) is 0 Å². The first-order chi connectivity index (χ1) is 9.90. The van der Waals surface area contributed by atoms with Gasteiger partial charge in [0.2, 0.25) is 0 Å². The number of aryl methyl sites for hydroxylation is 1. The van der Waals surface area contributed by atoms with Gasteiger partial charge in [-0.1, -0.05) is 52.3 Å². The minimum atomic E-state index is -0.124. The molecule has 21 heavy (non-hydrogen) atoms. The summed E-state index contributed by atoms with van der Waals surface area (Å²) in [4.78, 5) is 11.7. The molecule has 0 amide bonds. The van der Waals surface area contributed by atoms with E-state index >= 15 is 0 Å². The minimum Gasteiger partial charge on any atom is -0.303 e. The summed E-state index contributed by atoms with van der Waals surface area (Å²) in [6.07, 6.45) is 7.03. The van der Waals surface area contributed by atoms with Crippen molar-refractivity contribution in [1.82, 2.24) is 0 Å². The van der Waals surface area contributed by atoms with Crippen LogP contribution >= 0.6 is 0 Å². The SMILES string of the molecule is CC(C)c1ccc2c(c1)CCC1C(C)(C=O)CCCC21C. The van der Waals surface area contributed by atoms with Crippen LogP contribution in [0.25, 0.3) is 0 Å². The molecule has 0 N–H and O–H groups in total. The number of aldehydes is 1. The van der Waals surface area contributed by atoms with Gasteiger partial charge >= 0.3 is 0 Å². The maximum atomic E-state index is 11.7. The first kappa shape index (κ1) is 14.8. The summed E-state index contributed by atoms with van der Waals surface area (Å²) in [5.41, 5.74) is 4.58. The molecule has 114 valence electrons. The van der Waals surface area contributed by atoms with Gasteiger partial charge in [-0.2, -0.15) is 0 Å². The van der Waals surface area contributed by atoms with E-state index in [2.05, 4.69) is 45.9 Å². The monoisotopic (exact) mass is 284 g/mol. The summed E-state index contributed by atoms with van der Waals surface area (Å²) in [6, 6.07) is 7.10. The third-order valence-electron chi connectivity index (χ3n) is 6.36. The van der Waals surface area contributed by atoms with Crippen LogP contribution in [-0.2, 0) is 16.6 Å². The Morgan fingerprint density at radius 1 is 1.24 bits per heavy atom. The van der Waals surface area contributed by atoms with Crippen molar-refractivity contribution in [2.45, 2.75) is 71.1 Å². The largest absolute Gasteiger partial charge is 0.303 e. The highest BCUT2D eigenvalue weighted by Gasteiger charge is 2.51. The predicted octanol–water partition coefficient (Wildman–Crippen LogP) is 5.02. The Morgan fingerprint density at radius 2 is 2.00 bits per heavy atom. The van der Waals surface area contributed by atoms with Gasteiger partial charge in [0.05, 0.1) is 0 Å². The van der Waals surface area contributed by atoms with E-state index in [1.165, 1.54) is 42.2 Å². The number of carbonyl (C=O) groups is 1. The molecule has 0 spiro atoms. The number of rotatable bonds is 2. The van der Waals surface area contributed by atoms with Crippen molar-refractivity contribution in [3.63, 3.8) is 0 Å². The normalized spacial score (nSPS) is 35.2. The summed E-state index contributed by atoms with van der Waals surface area (Å²) >= 11 is 0. The number of carbonyl (C=O) groups excluding carboxylic acids is 1. The van der Waals surface area contributed by atoms with E-state index in [0.717, 1.165) is 12.8 Å². The van der Waals surface area contributed by atoms with Crippen LogP contribution in [0.2, 0.25) is 0 Å². The fraction of sp³-hybridized carbons (Fsp3) is 0.650. The van der Waals surface area contributed by atoms with Crippen molar-refractivity contribution < 1.29 is 4.79 Å². The van der Waals surface area contributed by atoms with Crippen LogP contribution in [0.1, 0.15) is 76.0 Å². The highest BCUT2D eigenvalue weighted by molar-refractivity contribution is 5.61. The number of benzene rings is 1. The van der Waals surface area contributed by atoms with Gasteiger partial charge in [0, 0.05) is 5.41 Å². The van der Waals surface area contributed by atoms with Crippen molar-refractivity contribution in [3.05, 3.63) is 34.9 Å². The third kappa shape index (κ3) is 2.17. The summed E-state index contributed by atoms with van der Waals surface area (Å²) in [7, 11) is 0. The van der Waals surface area contributed by atoms with E-state index in [-0.39, 0.29) is 10.8 Å². The molecule has 3 atom stereocenters. The predicted molar refractivity (Wildman–Crippen MR) is 87.7 cm³/mol. The molecule has 2 aliphatic carbocycles. The zero-order chi connectivity index (χ0) is 15.3. The average Bonchev–Trinajstić information content (AvgIpc) is 2.46. The van der Waals surface area contributed by atoms with Gasteiger partial charge in [0.1, 0.15) is 6.29 Å². The highest BCUT2D eigenvalue weighted by atomic mass is 16.1. The second kappa shape index (κ2) is 4.97. The second-order valence-corrected chi connectivity index (χ2v) is 8.06. The maximum absolute atomic E-state index is 11.7. The Labute approximate surface area is 129 Å². The van der Waals surface area contributed by atoms with Crippen LogP contribution in [-0.4, -0.2) is 6.29 Å². The van der Waals surface area contributed by atoms with E-state index in [4.69, 9.17) is 0 Å². The summed E-state index contributed by atoms with van der Waals surface area (Å²) < 4.78 is 0. The molecule has 1 heteroatoms. The standard InChI is InChI=1S/C20H28O/c1-14(2)15-6-8-17-16(12-15)7-9-18-19(3,13-21)10-5-11-20(17,18)4/h6,8,12-14,18H,5,7,9-11H2,1-4H3. The zero-order valence-corrected chi connectivity index (χ0v) is 13.9. The van der Waals surface area contributed by atoms with E-state index < -0.39 is 0 Å². The molecule has 1 aromatic carbocycles. The topological polar surface area (TPSA) is 17.1 Å². The van der Waals surface area contributed by atoms with Crippen molar-refractivity contribution >= 4 is 6.29 Å². The fourth-order valence-electron chi connectivity index (χ4n) is 5.06. The van der Waals surface area contributed by atoms with E-state index in [1.807, 2.05) is 0 Å². The van der Waals surface area contributed by atoms with Gasteiger partial charge in [-0.05, 0) is 59.6 Å². The van der Waals surface area contributed by atoms with Crippen molar-refractivity contribution in [2.75, 3.05) is 0 Å². The van der Waals surface area contributed by atoms with Crippen LogP contribution in [0, 0.1) is 11.3 Å². The molecule has 0 radical (unpaired) electrons. The molecule has 0 aliphatic heterocycles. The molecule has 0 bridgehead atoms. The molecular formula is C20H28O. The number of fused-ring (bicyclic) bond motifs is 3. The molecule has 1 nitrogen and oxygen atoms in total. The molecule has 1 fully saturated rings. The molecular weight excluding hydrogens is 256 g/mol. The van der Waals surface area contributed by atoms with Gasteiger partial charge < -0.3 is 4.79 Å². The van der Waals surface area contributed by atoms with Crippen LogP contribution < -0.4 is 0 Å². The average molecular weight is 284 g/mol. The summed E-state index contributed by atoms with van der Waals surface area (Å²) in [6.45, 7) is 9.12. The Kier molecular flexibility index (Phi) is 3.50. The van der Waals surface area contributed by atoms with Gasteiger partial charge in [-0.25, -0.2) is 0 Å². The lowest BCUT2D eigenvalue weighted by Crippen LogP contribution is -2.49. The zero-order valence-electron chi connectivity index (χ0n) is 13.9. The Bertz CT molecular complexity index is 559. The van der Waals surface area contributed by atoms with Gasteiger partial charge in [-0.15, -0.1) is 0 Å². The molecule has 2 aliphatic rings. The molecule has 3 unspecified atom stereocenters. The summed E-state index contributed by atoms with van der Waals surface area (Å²) in [5.74, 6) is 1.10. The Morgan fingerprint density at radius 3 is 2.67 bits per heavy atom. The van der Waals surface area contributed by atoms with Crippen LogP contribution in [0.4, 0.5) is 0 Å². The summed E-state index contributed by atoms with van der Waals surface area (Å²) in [5, 5.41) is 0. The number of hydrogen-bond donors (Lipinski definition) is 0. The van der Waals surface area contributed by atoms with Crippen molar-refractivity contribution in [2.24, 2.45) is 11.3 Å². The Hall–Kier alpha value is -1.11. The fourth-order valence-corrected chi connectivity index (χ4v) is 5.06. The van der Waals surface area contributed by atoms with E-state index in [1.54, 1.807) is 0 Å². The third-order valence-corrected chi connectivity index (χ3v) is 6.36. The first-order valence-corrected chi connectivity index (χ1v) is 8.50. The van der Waals surface area contributed by atoms with Gasteiger partial charge in [0.25, 0.3) is 0 Å². The van der Waals surface area contributed by atoms with Crippen LogP contribution in [0.3, 0.4) is 0 Å². The quantitative estimate of drug-likeness (QED) is 0.697. The Balaban J connectivity index is 2.07. The molecule has 1 saturated carbocycles. The lowest BCUT2D eigenvalue weighted by atomic mass is 9.50. The molecule has 3 rings (SSSR count). The van der Waals surface area contributed by atoms with Crippen LogP contribution in [0.5, 0.6) is 0 Å². The molecule has 0 aromatic heterocycles. The molecule has 0 heterocycles. The second-order valence-electron chi connectivity index (χ2n) is 8.06. The van der Waals surface area contributed by atoms with E-state index in [9.17, 15) is 4.79 Å². The lowest BCUT2D eigenvalue weighted by molar-refractivity contribution is -0.123. The van der Waals surface area contributed by atoms with E-state index in [0.29, 0.717) is 11.8 Å². The van der Waals surface area contributed by atoms with Gasteiger partial charge in [-0.3, -0.25) is 0 Å². The highest BCUT2D eigenvalue weighted by Crippen LogP contribution is 2.56. The smallest absolute Gasteiger partial charge is 0.126 e. The van der Waals surface area contributed by atoms with Gasteiger partial charge in [0.15, 0.2) is 0 Å². The lowest BCUT2D eigenvalue weighted by Gasteiger charge is -2.53. The minimum absolute atomic E-state index is 0.124. The molecule has 0 saturated heterocycles. The van der Waals surface area contributed by atoms with Crippen molar-refractivity contribution in [3.8, 4) is 0 Å².